The first kappa shape index (κ1) is 13.9. The first-order valence-corrected chi connectivity index (χ1v) is 7.02. The minimum Gasteiger partial charge on any atom is -0.397 e. The summed E-state index contributed by atoms with van der Waals surface area (Å²) >= 11 is 0. The fraction of sp³-hybridized carbons (Fsp3) is 0.643. The van der Waals surface area contributed by atoms with Crippen LogP contribution in [0.15, 0.2) is 12.3 Å². The van der Waals surface area contributed by atoms with Crippen molar-refractivity contribution < 1.29 is 4.79 Å². The summed E-state index contributed by atoms with van der Waals surface area (Å²) in [6.07, 6.45) is 2.90. The lowest BCUT2D eigenvalue weighted by Crippen LogP contribution is -2.53. The van der Waals surface area contributed by atoms with Gasteiger partial charge in [0, 0.05) is 38.4 Å². The normalized spacial score (nSPS) is 20.8. The van der Waals surface area contributed by atoms with E-state index in [2.05, 4.69) is 18.9 Å². The lowest BCUT2D eigenvalue weighted by atomic mass is 10.1. The van der Waals surface area contributed by atoms with Crippen LogP contribution < -0.4 is 5.73 Å². The minimum atomic E-state index is 0.102. The Morgan fingerprint density at radius 3 is 2.79 bits per heavy atom. The predicted molar refractivity (Wildman–Crippen MR) is 77.1 cm³/mol. The second kappa shape index (κ2) is 5.65. The van der Waals surface area contributed by atoms with E-state index < -0.39 is 0 Å². The van der Waals surface area contributed by atoms with Crippen molar-refractivity contribution in [2.45, 2.75) is 32.9 Å². The molecular weight excluding hydrogens is 240 g/mol. The largest absolute Gasteiger partial charge is 0.397 e. The van der Waals surface area contributed by atoms with Gasteiger partial charge in [0.25, 0.3) is 5.91 Å². The molecule has 1 aromatic rings. The van der Waals surface area contributed by atoms with Crippen molar-refractivity contribution in [2.24, 2.45) is 0 Å². The first-order valence-electron chi connectivity index (χ1n) is 7.02. The highest BCUT2D eigenvalue weighted by Crippen LogP contribution is 2.17. The van der Waals surface area contributed by atoms with E-state index in [4.69, 9.17) is 5.73 Å². The topological polar surface area (TPSA) is 54.5 Å². The molecule has 19 heavy (non-hydrogen) atoms. The SMILES string of the molecule is CCC1CN(C(=O)c2cc(N)cn2CC)CCN1C. The highest BCUT2D eigenvalue weighted by atomic mass is 16.2. The summed E-state index contributed by atoms with van der Waals surface area (Å²) in [5.41, 5.74) is 7.16. The number of likely N-dealkylation sites (N-methyl/N-ethyl adjacent to an activating group) is 1. The summed E-state index contributed by atoms with van der Waals surface area (Å²) in [5, 5.41) is 0. The second-order valence-electron chi connectivity index (χ2n) is 5.24. The van der Waals surface area contributed by atoms with E-state index in [0.29, 0.717) is 17.4 Å². The fourth-order valence-electron chi connectivity index (χ4n) is 2.71. The molecule has 1 aliphatic heterocycles. The van der Waals surface area contributed by atoms with Gasteiger partial charge in [-0.2, -0.15) is 0 Å². The maximum absolute atomic E-state index is 12.6. The third-order valence-corrected chi connectivity index (χ3v) is 4.01. The van der Waals surface area contributed by atoms with Gasteiger partial charge in [-0.3, -0.25) is 9.69 Å². The van der Waals surface area contributed by atoms with Crippen molar-refractivity contribution in [1.29, 1.82) is 0 Å². The molecule has 5 heteroatoms. The number of hydrogen-bond acceptors (Lipinski definition) is 3. The molecular formula is C14H24N4O. The highest BCUT2D eigenvalue weighted by molar-refractivity contribution is 5.94. The van der Waals surface area contributed by atoms with Crippen LogP contribution in [-0.4, -0.2) is 53.0 Å². The smallest absolute Gasteiger partial charge is 0.270 e. The molecule has 0 saturated carbocycles. The number of aryl methyl sites for hydroxylation is 1. The van der Waals surface area contributed by atoms with Crippen LogP contribution in [0.5, 0.6) is 0 Å². The van der Waals surface area contributed by atoms with E-state index in [1.807, 2.05) is 22.6 Å². The van der Waals surface area contributed by atoms with Crippen LogP contribution in [0.3, 0.4) is 0 Å². The maximum atomic E-state index is 12.6. The molecule has 5 nitrogen and oxygen atoms in total. The van der Waals surface area contributed by atoms with Gasteiger partial charge in [0.2, 0.25) is 0 Å². The fourth-order valence-corrected chi connectivity index (χ4v) is 2.71. The Morgan fingerprint density at radius 1 is 1.42 bits per heavy atom. The number of rotatable bonds is 3. The van der Waals surface area contributed by atoms with E-state index in [1.54, 1.807) is 6.07 Å². The minimum absolute atomic E-state index is 0.102. The van der Waals surface area contributed by atoms with Gasteiger partial charge in [0.1, 0.15) is 5.69 Å². The molecule has 0 radical (unpaired) electrons. The van der Waals surface area contributed by atoms with Gasteiger partial charge in [-0.25, -0.2) is 0 Å². The number of anilines is 1. The van der Waals surface area contributed by atoms with Gasteiger partial charge in [0.15, 0.2) is 0 Å². The Labute approximate surface area is 115 Å². The number of carbonyl (C=O) groups excluding carboxylic acids is 1. The second-order valence-corrected chi connectivity index (χ2v) is 5.24. The molecule has 1 saturated heterocycles. The van der Waals surface area contributed by atoms with Crippen LogP contribution in [-0.2, 0) is 6.54 Å². The Bertz CT molecular complexity index is 454. The van der Waals surface area contributed by atoms with Crippen LogP contribution in [0.25, 0.3) is 0 Å². The van der Waals surface area contributed by atoms with Crippen molar-refractivity contribution in [3.8, 4) is 0 Å². The van der Waals surface area contributed by atoms with Gasteiger partial charge in [-0.1, -0.05) is 6.92 Å². The Kier molecular flexibility index (Phi) is 4.14. The van der Waals surface area contributed by atoms with E-state index in [-0.39, 0.29) is 5.91 Å². The molecule has 2 heterocycles. The average Bonchev–Trinajstić information content (AvgIpc) is 2.79. The van der Waals surface area contributed by atoms with Gasteiger partial charge in [-0.15, -0.1) is 0 Å². The number of nitrogens with zero attached hydrogens (tertiary/aromatic N) is 3. The molecule has 1 atom stereocenters. The molecule has 1 amide bonds. The predicted octanol–water partition coefficient (Wildman–Crippen LogP) is 1.26. The number of aromatic nitrogens is 1. The van der Waals surface area contributed by atoms with E-state index >= 15 is 0 Å². The van der Waals surface area contributed by atoms with Crippen molar-refractivity contribution in [2.75, 3.05) is 32.4 Å². The standard InChI is InChI=1S/C14H24N4O/c1-4-12-10-18(7-6-16(12)3)14(19)13-8-11(15)9-17(13)5-2/h8-9,12H,4-7,10,15H2,1-3H3. The van der Waals surface area contributed by atoms with Crippen LogP contribution in [0, 0.1) is 0 Å². The van der Waals surface area contributed by atoms with Gasteiger partial charge < -0.3 is 15.2 Å². The number of piperazine rings is 1. The lowest BCUT2D eigenvalue weighted by Gasteiger charge is -2.39. The van der Waals surface area contributed by atoms with E-state index in [9.17, 15) is 4.79 Å². The molecule has 0 aromatic carbocycles. The number of nitrogen functional groups attached to an aromatic ring is 1. The summed E-state index contributed by atoms with van der Waals surface area (Å²) in [6.45, 7) is 7.49. The number of nitrogens with two attached hydrogens (primary N) is 1. The van der Waals surface area contributed by atoms with Crippen molar-refractivity contribution in [3.63, 3.8) is 0 Å². The molecule has 1 fully saturated rings. The maximum Gasteiger partial charge on any atom is 0.270 e. The molecule has 0 aliphatic carbocycles. The summed E-state index contributed by atoms with van der Waals surface area (Å²) in [7, 11) is 2.13. The molecule has 0 bridgehead atoms. The summed E-state index contributed by atoms with van der Waals surface area (Å²) in [6, 6.07) is 2.24. The van der Waals surface area contributed by atoms with Crippen LogP contribution in [0.1, 0.15) is 30.8 Å². The number of hydrogen-bond donors (Lipinski definition) is 1. The first-order chi connectivity index (χ1) is 9.06. The third-order valence-electron chi connectivity index (χ3n) is 4.01. The molecule has 2 N–H and O–H groups in total. The Balaban J connectivity index is 2.15. The van der Waals surface area contributed by atoms with Crippen LogP contribution >= 0.6 is 0 Å². The van der Waals surface area contributed by atoms with Crippen LogP contribution in [0.4, 0.5) is 5.69 Å². The summed E-state index contributed by atoms with van der Waals surface area (Å²) in [4.78, 5) is 16.9. The average molecular weight is 264 g/mol. The van der Waals surface area contributed by atoms with E-state index in [1.165, 1.54) is 0 Å². The van der Waals surface area contributed by atoms with Gasteiger partial charge in [0.05, 0.1) is 5.69 Å². The molecule has 2 rings (SSSR count). The lowest BCUT2D eigenvalue weighted by molar-refractivity contribution is 0.0532. The number of amides is 1. The zero-order valence-corrected chi connectivity index (χ0v) is 12.1. The summed E-state index contributed by atoms with van der Waals surface area (Å²) < 4.78 is 1.93. The third kappa shape index (κ3) is 2.76. The molecule has 1 aromatic heterocycles. The van der Waals surface area contributed by atoms with Crippen molar-refractivity contribution in [1.82, 2.24) is 14.4 Å². The van der Waals surface area contributed by atoms with Crippen molar-refractivity contribution >= 4 is 11.6 Å². The zero-order valence-electron chi connectivity index (χ0n) is 12.1. The molecule has 1 aliphatic rings. The highest BCUT2D eigenvalue weighted by Gasteiger charge is 2.28. The van der Waals surface area contributed by atoms with Crippen LogP contribution in [0.2, 0.25) is 0 Å². The zero-order chi connectivity index (χ0) is 14.0. The molecule has 0 spiro atoms. The Hall–Kier alpha value is -1.49. The Morgan fingerprint density at radius 2 is 2.16 bits per heavy atom. The molecule has 1 unspecified atom stereocenters. The van der Waals surface area contributed by atoms with E-state index in [0.717, 1.165) is 32.6 Å². The number of carbonyl (C=O) groups is 1. The van der Waals surface area contributed by atoms with Crippen molar-refractivity contribution in [3.05, 3.63) is 18.0 Å². The summed E-state index contributed by atoms with van der Waals surface area (Å²) in [5.74, 6) is 0.102. The van der Waals surface area contributed by atoms with Gasteiger partial charge >= 0.3 is 0 Å². The molecule has 106 valence electrons. The monoisotopic (exact) mass is 264 g/mol. The van der Waals surface area contributed by atoms with Gasteiger partial charge in [-0.05, 0) is 26.5 Å². The quantitative estimate of drug-likeness (QED) is 0.894.